The van der Waals surface area contributed by atoms with Crippen molar-refractivity contribution in [1.82, 2.24) is 15.6 Å². The molecule has 0 unspecified atom stereocenters. The molecule has 1 aliphatic rings. The number of hydrogen-bond donors (Lipinski definition) is 2. The van der Waals surface area contributed by atoms with Gasteiger partial charge in [-0.15, -0.1) is 0 Å². The number of carbonyl (C=O) groups is 1. The Morgan fingerprint density at radius 3 is 2.90 bits per heavy atom. The number of ether oxygens (including phenoxy) is 1. The van der Waals surface area contributed by atoms with E-state index < -0.39 is 18.8 Å². The number of nitrogens with one attached hydrogen (secondary N) is 2. The zero-order valence-corrected chi connectivity index (χ0v) is 10.5. The van der Waals surface area contributed by atoms with Gasteiger partial charge in [0.1, 0.15) is 6.17 Å². The van der Waals surface area contributed by atoms with Crippen molar-refractivity contribution in [2.24, 2.45) is 0 Å². The van der Waals surface area contributed by atoms with Crippen LogP contribution in [0.1, 0.15) is 18.4 Å². The minimum atomic E-state index is -2.94. The van der Waals surface area contributed by atoms with Gasteiger partial charge >= 0.3 is 12.6 Å². The molecule has 1 fully saturated rings. The molecule has 0 bridgehead atoms. The summed E-state index contributed by atoms with van der Waals surface area (Å²) in [4.78, 5) is 15.1. The van der Waals surface area contributed by atoms with Crippen LogP contribution in [-0.2, 0) is 6.54 Å². The van der Waals surface area contributed by atoms with Crippen LogP contribution in [0.15, 0.2) is 18.3 Å². The fourth-order valence-corrected chi connectivity index (χ4v) is 1.80. The van der Waals surface area contributed by atoms with E-state index in [1.54, 1.807) is 6.07 Å². The van der Waals surface area contributed by atoms with Crippen LogP contribution in [0.2, 0.25) is 0 Å². The molecule has 0 aromatic carbocycles. The lowest BCUT2D eigenvalue weighted by Gasteiger charge is -2.30. The van der Waals surface area contributed by atoms with Crippen LogP contribution >= 0.6 is 0 Å². The van der Waals surface area contributed by atoms with Gasteiger partial charge in [-0.05, 0) is 24.5 Å². The number of halogens is 3. The van der Waals surface area contributed by atoms with Gasteiger partial charge in [-0.3, -0.25) is 0 Å². The van der Waals surface area contributed by atoms with Crippen LogP contribution < -0.4 is 15.4 Å². The van der Waals surface area contributed by atoms with Gasteiger partial charge < -0.3 is 15.4 Å². The van der Waals surface area contributed by atoms with Gasteiger partial charge in [0.05, 0.1) is 0 Å². The molecule has 1 aromatic rings. The number of amides is 2. The van der Waals surface area contributed by atoms with E-state index in [4.69, 9.17) is 0 Å². The van der Waals surface area contributed by atoms with Crippen LogP contribution in [-0.4, -0.2) is 29.8 Å². The Labute approximate surface area is 113 Å². The molecule has 0 radical (unpaired) electrons. The number of hydrogen-bond acceptors (Lipinski definition) is 3. The summed E-state index contributed by atoms with van der Waals surface area (Å²) in [6, 6.07) is 2.32. The third-order valence-electron chi connectivity index (χ3n) is 2.88. The molecule has 5 nitrogen and oxygen atoms in total. The van der Waals surface area contributed by atoms with Crippen molar-refractivity contribution in [1.29, 1.82) is 0 Å². The van der Waals surface area contributed by atoms with E-state index in [2.05, 4.69) is 20.4 Å². The average Bonchev–Trinajstić information content (AvgIpc) is 2.34. The lowest BCUT2D eigenvalue weighted by molar-refractivity contribution is -0.0529. The Morgan fingerprint density at radius 1 is 1.50 bits per heavy atom. The molecule has 1 aliphatic carbocycles. The molecule has 8 heteroatoms. The first kappa shape index (κ1) is 14.4. The molecule has 2 rings (SSSR count). The molecule has 1 saturated carbocycles. The monoisotopic (exact) mass is 289 g/mol. The summed E-state index contributed by atoms with van der Waals surface area (Å²) in [5.41, 5.74) is 0.572. The number of pyridine rings is 1. The molecular weight excluding hydrogens is 275 g/mol. The Bertz CT molecular complexity index is 467. The maximum atomic E-state index is 12.6. The standard InChI is InChI=1S/C12H14F3N3O2/c13-8-4-9(5-8)18-12(19)17-6-7-1-2-16-10(3-7)20-11(14)15/h1-3,8-9,11H,4-6H2,(H2,17,18,19). The van der Waals surface area contributed by atoms with Crippen molar-refractivity contribution >= 4 is 6.03 Å². The molecule has 1 aromatic heterocycles. The summed E-state index contributed by atoms with van der Waals surface area (Å²) in [6.45, 7) is -2.80. The molecule has 2 N–H and O–H groups in total. The Morgan fingerprint density at radius 2 is 2.25 bits per heavy atom. The lowest BCUT2D eigenvalue weighted by atomic mass is 9.91. The molecule has 1 heterocycles. The molecule has 2 amide bonds. The Kier molecular flexibility index (Phi) is 4.65. The summed E-state index contributed by atoms with van der Waals surface area (Å²) < 4.78 is 40.7. The predicted molar refractivity (Wildman–Crippen MR) is 64.2 cm³/mol. The Balaban J connectivity index is 1.76. The smallest absolute Gasteiger partial charge is 0.388 e. The molecule has 0 saturated heterocycles. The molecule has 110 valence electrons. The van der Waals surface area contributed by atoms with E-state index in [-0.39, 0.29) is 18.5 Å². The van der Waals surface area contributed by atoms with Crippen molar-refractivity contribution < 1.29 is 22.7 Å². The molecule has 0 aliphatic heterocycles. The van der Waals surface area contributed by atoms with E-state index in [1.807, 2.05) is 0 Å². The van der Waals surface area contributed by atoms with Gasteiger partial charge in [0, 0.05) is 24.8 Å². The van der Waals surface area contributed by atoms with Gasteiger partial charge in [0.25, 0.3) is 0 Å². The number of carbonyl (C=O) groups excluding carboxylic acids is 1. The van der Waals surface area contributed by atoms with Crippen molar-refractivity contribution in [2.75, 3.05) is 0 Å². The number of alkyl halides is 3. The fourth-order valence-electron chi connectivity index (χ4n) is 1.80. The SMILES string of the molecule is O=C(NCc1ccnc(OC(F)F)c1)NC1CC(F)C1. The third kappa shape index (κ3) is 4.29. The van der Waals surface area contributed by atoms with E-state index in [0.29, 0.717) is 18.4 Å². The van der Waals surface area contributed by atoms with Crippen LogP contribution in [0, 0.1) is 0 Å². The van der Waals surface area contributed by atoms with Crippen LogP contribution in [0.3, 0.4) is 0 Å². The van der Waals surface area contributed by atoms with Gasteiger partial charge in [0.2, 0.25) is 5.88 Å². The molecule has 0 spiro atoms. The zero-order valence-electron chi connectivity index (χ0n) is 10.5. The van der Waals surface area contributed by atoms with Crippen molar-refractivity contribution in [3.05, 3.63) is 23.9 Å². The van der Waals surface area contributed by atoms with E-state index >= 15 is 0 Å². The number of nitrogens with zero attached hydrogens (tertiary/aromatic N) is 1. The van der Waals surface area contributed by atoms with Crippen molar-refractivity contribution in [3.63, 3.8) is 0 Å². The summed E-state index contributed by atoms with van der Waals surface area (Å²) in [5, 5.41) is 5.16. The first-order valence-electron chi connectivity index (χ1n) is 6.11. The van der Waals surface area contributed by atoms with Crippen LogP contribution in [0.25, 0.3) is 0 Å². The minimum Gasteiger partial charge on any atom is -0.417 e. The van der Waals surface area contributed by atoms with E-state index in [9.17, 15) is 18.0 Å². The number of rotatable bonds is 5. The lowest BCUT2D eigenvalue weighted by Crippen LogP contribution is -2.48. The average molecular weight is 289 g/mol. The first-order valence-corrected chi connectivity index (χ1v) is 6.11. The molecule has 20 heavy (non-hydrogen) atoms. The topological polar surface area (TPSA) is 63.2 Å². The number of aromatic nitrogens is 1. The summed E-state index contributed by atoms with van der Waals surface area (Å²) in [5.74, 6) is -0.209. The minimum absolute atomic E-state index is 0.139. The van der Waals surface area contributed by atoms with Gasteiger partial charge in [-0.2, -0.15) is 8.78 Å². The highest BCUT2D eigenvalue weighted by Gasteiger charge is 2.29. The highest BCUT2D eigenvalue weighted by Crippen LogP contribution is 2.22. The third-order valence-corrected chi connectivity index (χ3v) is 2.88. The van der Waals surface area contributed by atoms with E-state index in [0.717, 1.165) is 0 Å². The highest BCUT2D eigenvalue weighted by atomic mass is 19.3. The van der Waals surface area contributed by atoms with Gasteiger partial charge in [-0.25, -0.2) is 14.2 Å². The fraction of sp³-hybridized carbons (Fsp3) is 0.500. The molecule has 0 atom stereocenters. The van der Waals surface area contributed by atoms with Crippen LogP contribution in [0.5, 0.6) is 5.88 Å². The normalized spacial score (nSPS) is 21.2. The second kappa shape index (κ2) is 6.44. The zero-order chi connectivity index (χ0) is 14.5. The number of urea groups is 1. The second-order valence-corrected chi connectivity index (χ2v) is 4.47. The Hall–Kier alpha value is -1.99. The summed E-state index contributed by atoms with van der Waals surface area (Å²) in [7, 11) is 0. The largest absolute Gasteiger partial charge is 0.417 e. The predicted octanol–water partition coefficient (Wildman–Crippen LogP) is 1.98. The first-order chi connectivity index (χ1) is 9.52. The van der Waals surface area contributed by atoms with Crippen molar-refractivity contribution in [3.8, 4) is 5.88 Å². The van der Waals surface area contributed by atoms with Crippen molar-refractivity contribution in [2.45, 2.75) is 38.2 Å². The quantitative estimate of drug-likeness (QED) is 0.871. The van der Waals surface area contributed by atoms with Crippen LogP contribution in [0.4, 0.5) is 18.0 Å². The maximum absolute atomic E-state index is 12.6. The van der Waals surface area contributed by atoms with E-state index in [1.165, 1.54) is 12.3 Å². The second-order valence-electron chi connectivity index (χ2n) is 4.47. The van der Waals surface area contributed by atoms with Gasteiger partial charge in [0.15, 0.2) is 0 Å². The molecular formula is C12H14F3N3O2. The van der Waals surface area contributed by atoms with Gasteiger partial charge in [-0.1, -0.05) is 0 Å². The highest BCUT2D eigenvalue weighted by molar-refractivity contribution is 5.74. The summed E-state index contributed by atoms with van der Waals surface area (Å²) in [6.07, 6.45) is 1.13. The maximum Gasteiger partial charge on any atom is 0.388 e. The summed E-state index contributed by atoms with van der Waals surface area (Å²) >= 11 is 0.